The highest BCUT2D eigenvalue weighted by Crippen LogP contribution is 2.02. The first-order valence-corrected chi connectivity index (χ1v) is 4.43. The zero-order valence-corrected chi connectivity index (χ0v) is 8.36. The lowest BCUT2D eigenvalue weighted by Crippen LogP contribution is -1.98. The van der Waals surface area contributed by atoms with E-state index in [9.17, 15) is 4.79 Å². The summed E-state index contributed by atoms with van der Waals surface area (Å²) in [6.45, 7) is 2.10. The van der Waals surface area contributed by atoms with Crippen LogP contribution in [0.25, 0.3) is 6.08 Å². The Morgan fingerprint density at radius 1 is 1.71 bits per heavy atom. The van der Waals surface area contributed by atoms with Gasteiger partial charge in [-0.15, -0.1) is 0 Å². The molecule has 0 unspecified atom stereocenters. The Balaban J connectivity index is 2.64. The number of carbonyl (C=O) groups excluding carboxylic acids is 1. The number of aromatic nitrogens is 2. The molecule has 0 saturated carbocycles. The molecule has 0 radical (unpaired) electrons. The Labute approximate surface area is 86.6 Å². The van der Waals surface area contributed by atoms with E-state index in [2.05, 4.69) is 9.97 Å². The molecule has 5 heteroatoms. The fourth-order valence-corrected chi connectivity index (χ4v) is 0.938. The zero-order chi connectivity index (χ0) is 10.4. The van der Waals surface area contributed by atoms with E-state index >= 15 is 0 Å². The van der Waals surface area contributed by atoms with E-state index in [1.165, 1.54) is 18.3 Å². The van der Waals surface area contributed by atoms with Crippen LogP contribution in [0.4, 0.5) is 0 Å². The second-order valence-electron chi connectivity index (χ2n) is 2.34. The highest BCUT2D eigenvalue weighted by Gasteiger charge is 1.95. The topological polar surface area (TPSA) is 52.1 Å². The second-order valence-corrected chi connectivity index (χ2v) is 2.67. The van der Waals surface area contributed by atoms with Crippen LogP contribution in [-0.4, -0.2) is 22.5 Å². The molecule has 0 atom stereocenters. The van der Waals surface area contributed by atoms with Crippen molar-refractivity contribution in [1.29, 1.82) is 0 Å². The monoisotopic (exact) mass is 212 g/mol. The average Bonchev–Trinajstić information content (AvgIpc) is 2.15. The molecule has 0 spiro atoms. The normalized spacial score (nSPS) is 10.4. The lowest BCUT2D eigenvalue weighted by Gasteiger charge is -1.94. The van der Waals surface area contributed by atoms with E-state index in [0.29, 0.717) is 12.3 Å². The van der Waals surface area contributed by atoms with Gasteiger partial charge in [0.2, 0.25) is 5.28 Å². The van der Waals surface area contributed by atoms with Gasteiger partial charge in [-0.1, -0.05) is 0 Å². The van der Waals surface area contributed by atoms with E-state index in [0.717, 1.165) is 0 Å². The molecule has 0 saturated heterocycles. The second kappa shape index (κ2) is 5.34. The number of carbonyl (C=O) groups is 1. The van der Waals surface area contributed by atoms with Crippen LogP contribution in [-0.2, 0) is 9.53 Å². The number of esters is 1. The van der Waals surface area contributed by atoms with Gasteiger partial charge in [0.1, 0.15) is 0 Å². The molecule has 0 aliphatic carbocycles. The van der Waals surface area contributed by atoms with Crippen LogP contribution in [0.15, 0.2) is 18.3 Å². The highest BCUT2D eigenvalue weighted by molar-refractivity contribution is 6.28. The van der Waals surface area contributed by atoms with Gasteiger partial charge in [0, 0.05) is 12.3 Å². The number of halogens is 1. The molecule has 14 heavy (non-hydrogen) atoms. The van der Waals surface area contributed by atoms with Crippen LogP contribution >= 0.6 is 11.6 Å². The first-order chi connectivity index (χ1) is 6.72. The molecule has 0 aliphatic rings. The number of rotatable bonds is 3. The first-order valence-electron chi connectivity index (χ1n) is 4.05. The molecular formula is C9H9ClN2O2. The molecule has 0 N–H and O–H groups in total. The predicted octanol–water partition coefficient (Wildman–Crippen LogP) is 1.71. The molecule has 1 heterocycles. The predicted molar refractivity (Wildman–Crippen MR) is 52.7 cm³/mol. The molecule has 0 aliphatic heterocycles. The van der Waals surface area contributed by atoms with Crippen molar-refractivity contribution < 1.29 is 9.53 Å². The molecule has 0 aromatic carbocycles. The van der Waals surface area contributed by atoms with Gasteiger partial charge in [0.05, 0.1) is 12.3 Å². The number of nitrogens with zero attached hydrogens (tertiary/aromatic N) is 2. The van der Waals surface area contributed by atoms with E-state index in [-0.39, 0.29) is 5.28 Å². The maximum Gasteiger partial charge on any atom is 0.330 e. The molecule has 0 bridgehead atoms. The maximum absolute atomic E-state index is 10.9. The minimum absolute atomic E-state index is 0.149. The van der Waals surface area contributed by atoms with Crippen molar-refractivity contribution in [3.63, 3.8) is 0 Å². The molecule has 0 fully saturated rings. The van der Waals surface area contributed by atoms with Crippen LogP contribution in [0.1, 0.15) is 12.6 Å². The van der Waals surface area contributed by atoms with Gasteiger partial charge in [-0.25, -0.2) is 14.8 Å². The van der Waals surface area contributed by atoms with E-state index in [1.807, 2.05) is 0 Å². The number of hydrogen-bond acceptors (Lipinski definition) is 4. The number of ether oxygens (including phenoxy) is 1. The Bertz CT molecular complexity index is 352. The Hall–Kier alpha value is -1.42. The first kappa shape index (κ1) is 10.7. The summed E-state index contributed by atoms with van der Waals surface area (Å²) in [7, 11) is 0. The van der Waals surface area contributed by atoms with Gasteiger partial charge >= 0.3 is 5.97 Å². The van der Waals surface area contributed by atoms with Crippen molar-refractivity contribution in [2.45, 2.75) is 6.92 Å². The molecule has 4 nitrogen and oxygen atoms in total. The average molecular weight is 213 g/mol. The Morgan fingerprint density at radius 2 is 2.50 bits per heavy atom. The smallest absolute Gasteiger partial charge is 0.330 e. The Kier molecular flexibility index (Phi) is 4.07. The summed E-state index contributed by atoms with van der Waals surface area (Å²) in [5.41, 5.74) is 0.568. The number of hydrogen-bond donors (Lipinski definition) is 0. The minimum atomic E-state index is -0.401. The third-order valence-electron chi connectivity index (χ3n) is 1.32. The summed E-state index contributed by atoms with van der Waals surface area (Å²) >= 11 is 5.55. The van der Waals surface area contributed by atoms with Crippen LogP contribution in [0, 0.1) is 0 Å². The van der Waals surface area contributed by atoms with Crippen molar-refractivity contribution in [3.05, 3.63) is 29.3 Å². The summed E-state index contributed by atoms with van der Waals surface area (Å²) in [5, 5.41) is 0.149. The highest BCUT2D eigenvalue weighted by atomic mass is 35.5. The fraction of sp³-hybridized carbons (Fsp3) is 0.222. The van der Waals surface area contributed by atoms with E-state index in [1.54, 1.807) is 13.0 Å². The zero-order valence-electron chi connectivity index (χ0n) is 7.61. The van der Waals surface area contributed by atoms with Gasteiger partial charge < -0.3 is 4.74 Å². The van der Waals surface area contributed by atoms with E-state index in [4.69, 9.17) is 16.3 Å². The molecule has 1 aromatic rings. The van der Waals surface area contributed by atoms with Crippen molar-refractivity contribution in [2.24, 2.45) is 0 Å². The molecule has 1 rings (SSSR count). The van der Waals surface area contributed by atoms with Crippen molar-refractivity contribution in [1.82, 2.24) is 9.97 Å². The fourth-order valence-electron chi connectivity index (χ4n) is 0.784. The SMILES string of the molecule is CCOC(=O)C=Cc1ccnc(Cl)n1. The summed E-state index contributed by atoms with van der Waals surface area (Å²) in [6.07, 6.45) is 4.33. The standard InChI is InChI=1S/C9H9ClN2O2/c1-2-14-8(13)4-3-7-5-6-11-9(10)12-7/h3-6H,2H2,1H3. The van der Waals surface area contributed by atoms with E-state index < -0.39 is 5.97 Å². The third-order valence-corrected chi connectivity index (χ3v) is 1.51. The van der Waals surface area contributed by atoms with Crippen LogP contribution in [0.3, 0.4) is 0 Å². The molecule has 0 amide bonds. The summed E-state index contributed by atoms with van der Waals surface area (Å²) < 4.78 is 4.69. The van der Waals surface area contributed by atoms with Crippen LogP contribution in [0.2, 0.25) is 5.28 Å². The molecule has 74 valence electrons. The maximum atomic E-state index is 10.9. The van der Waals surface area contributed by atoms with Gasteiger partial charge in [-0.3, -0.25) is 0 Å². The van der Waals surface area contributed by atoms with Gasteiger partial charge in [-0.05, 0) is 30.7 Å². The minimum Gasteiger partial charge on any atom is -0.463 e. The van der Waals surface area contributed by atoms with Gasteiger partial charge in [-0.2, -0.15) is 0 Å². The van der Waals surface area contributed by atoms with Crippen molar-refractivity contribution in [2.75, 3.05) is 6.61 Å². The molecule has 1 aromatic heterocycles. The lowest BCUT2D eigenvalue weighted by molar-refractivity contribution is -0.137. The quantitative estimate of drug-likeness (QED) is 0.435. The lowest BCUT2D eigenvalue weighted by atomic mass is 10.3. The Morgan fingerprint density at radius 3 is 3.14 bits per heavy atom. The van der Waals surface area contributed by atoms with Crippen molar-refractivity contribution >= 4 is 23.6 Å². The van der Waals surface area contributed by atoms with Crippen LogP contribution in [0.5, 0.6) is 0 Å². The summed E-state index contributed by atoms with van der Waals surface area (Å²) in [6, 6.07) is 1.64. The molecular weight excluding hydrogens is 204 g/mol. The summed E-state index contributed by atoms with van der Waals surface area (Å²) in [4.78, 5) is 18.5. The van der Waals surface area contributed by atoms with Crippen LogP contribution < -0.4 is 0 Å². The van der Waals surface area contributed by atoms with Crippen molar-refractivity contribution in [3.8, 4) is 0 Å². The third kappa shape index (κ3) is 3.53. The van der Waals surface area contributed by atoms with Gasteiger partial charge in [0.25, 0.3) is 0 Å². The summed E-state index contributed by atoms with van der Waals surface area (Å²) in [5.74, 6) is -0.401. The largest absolute Gasteiger partial charge is 0.463 e. The van der Waals surface area contributed by atoms with Gasteiger partial charge in [0.15, 0.2) is 0 Å².